The van der Waals surface area contributed by atoms with E-state index in [4.69, 9.17) is 10.2 Å². The summed E-state index contributed by atoms with van der Waals surface area (Å²) in [4.78, 5) is 14.6. The Hall–Kier alpha value is -1.07. The van der Waals surface area contributed by atoms with Crippen LogP contribution in [0.5, 0.6) is 0 Å². The smallest absolute Gasteiger partial charge is 0.338 e. The van der Waals surface area contributed by atoms with E-state index in [1.165, 1.54) is 24.0 Å². The Morgan fingerprint density at radius 2 is 2.38 bits per heavy atom. The molecule has 5 heteroatoms. The van der Waals surface area contributed by atoms with Gasteiger partial charge in [0.05, 0.1) is 12.2 Å². The number of hydrogen-bond donors (Lipinski definition) is 2. The topological polar surface area (TPSA) is 70.4 Å². The molecule has 0 aliphatic heterocycles. The minimum atomic E-state index is -0.992. The van der Waals surface area contributed by atoms with Crippen LogP contribution >= 0.6 is 11.8 Å². The highest BCUT2D eigenvalue weighted by Crippen LogP contribution is 2.18. The first-order valence-corrected chi connectivity index (χ1v) is 4.66. The molecule has 0 saturated carbocycles. The number of nitrogens with zero attached hydrogens (tertiary/aromatic N) is 1. The Morgan fingerprint density at radius 3 is 3.00 bits per heavy atom. The van der Waals surface area contributed by atoms with Gasteiger partial charge in [0, 0.05) is 11.9 Å². The lowest BCUT2D eigenvalue weighted by molar-refractivity contribution is 0.0692. The molecule has 0 saturated heterocycles. The van der Waals surface area contributed by atoms with Gasteiger partial charge in [-0.05, 0) is 12.1 Å². The van der Waals surface area contributed by atoms with Crippen molar-refractivity contribution in [2.45, 2.75) is 5.03 Å². The Labute approximate surface area is 79.6 Å². The van der Waals surface area contributed by atoms with Gasteiger partial charge in [0.1, 0.15) is 5.03 Å². The van der Waals surface area contributed by atoms with Crippen molar-refractivity contribution in [2.24, 2.45) is 0 Å². The second-order valence-corrected chi connectivity index (χ2v) is 3.32. The number of aromatic carboxylic acids is 1. The Bertz CT molecular complexity index is 303. The fraction of sp³-hybridized carbons (Fsp3) is 0.250. The lowest BCUT2D eigenvalue weighted by Gasteiger charge is -2.01. The Balaban J connectivity index is 2.84. The standard InChI is InChI=1S/C8H9NO3S/c10-4-5-13-7-6(8(11)12)2-1-3-9-7/h1-3,10H,4-5H2,(H,11,12). The molecule has 13 heavy (non-hydrogen) atoms. The second-order valence-electron chi connectivity index (χ2n) is 2.23. The summed E-state index contributed by atoms with van der Waals surface area (Å²) in [6.07, 6.45) is 1.53. The number of rotatable bonds is 4. The van der Waals surface area contributed by atoms with Crippen molar-refractivity contribution in [2.75, 3.05) is 12.4 Å². The van der Waals surface area contributed by atoms with Gasteiger partial charge in [0.15, 0.2) is 0 Å². The first-order chi connectivity index (χ1) is 6.25. The number of aromatic nitrogens is 1. The van der Waals surface area contributed by atoms with E-state index in [-0.39, 0.29) is 12.2 Å². The van der Waals surface area contributed by atoms with E-state index in [0.29, 0.717) is 10.8 Å². The van der Waals surface area contributed by atoms with Gasteiger partial charge in [-0.25, -0.2) is 9.78 Å². The molecule has 0 aliphatic carbocycles. The number of carboxylic acids is 1. The van der Waals surface area contributed by atoms with Gasteiger partial charge in [-0.1, -0.05) is 0 Å². The van der Waals surface area contributed by atoms with Crippen LogP contribution in [-0.4, -0.2) is 33.5 Å². The third kappa shape index (κ3) is 2.71. The first-order valence-electron chi connectivity index (χ1n) is 3.67. The van der Waals surface area contributed by atoms with Crippen molar-refractivity contribution < 1.29 is 15.0 Å². The molecular weight excluding hydrogens is 190 g/mol. The van der Waals surface area contributed by atoms with Crippen molar-refractivity contribution in [3.8, 4) is 0 Å². The van der Waals surface area contributed by atoms with Crippen LogP contribution < -0.4 is 0 Å². The molecule has 4 nitrogen and oxygen atoms in total. The second kappa shape index (κ2) is 4.84. The molecule has 1 aromatic rings. The molecule has 1 heterocycles. The predicted molar refractivity (Wildman–Crippen MR) is 49.0 cm³/mol. The maximum atomic E-state index is 10.7. The first kappa shape index (κ1) is 10.0. The van der Waals surface area contributed by atoms with Crippen molar-refractivity contribution >= 4 is 17.7 Å². The SMILES string of the molecule is O=C(O)c1cccnc1SCCO. The number of hydrogen-bond acceptors (Lipinski definition) is 4. The van der Waals surface area contributed by atoms with Crippen molar-refractivity contribution in [1.29, 1.82) is 0 Å². The molecule has 1 aromatic heterocycles. The van der Waals surface area contributed by atoms with Crippen LogP contribution in [0.3, 0.4) is 0 Å². The lowest BCUT2D eigenvalue weighted by atomic mass is 10.3. The van der Waals surface area contributed by atoms with E-state index in [1.807, 2.05) is 0 Å². The summed E-state index contributed by atoms with van der Waals surface area (Å²) < 4.78 is 0. The van der Waals surface area contributed by atoms with Crippen molar-refractivity contribution in [1.82, 2.24) is 4.98 Å². The van der Waals surface area contributed by atoms with Crippen LogP contribution in [0.2, 0.25) is 0 Å². The molecule has 2 N–H and O–H groups in total. The molecule has 1 rings (SSSR count). The number of aliphatic hydroxyl groups excluding tert-OH is 1. The zero-order valence-electron chi connectivity index (χ0n) is 6.80. The summed E-state index contributed by atoms with van der Waals surface area (Å²) in [7, 11) is 0. The van der Waals surface area contributed by atoms with Crippen LogP contribution in [-0.2, 0) is 0 Å². The maximum absolute atomic E-state index is 10.7. The zero-order chi connectivity index (χ0) is 9.68. The molecular formula is C8H9NO3S. The summed E-state index contributed by atoms with van der Waals surface area (Å²) in [5, 5.41) is 17.8. The molecule has 0 aromatic carbocycles. The van der Waals surface area contributed by atoms with E-state index in [9.17, 15) is 4.79 Å². The van der Waals surface area contributed by atoms with E-state index >= 15 is 0 Å². The normalized spacial score (nSPS) is 9.92. The van der Waals surface area contributed by atoms with Gasteiger partial charge in [0.25, 0.3) is 0 Å². The van der Waals surface area contributed by atoms with E-state index in [0.717, 1.165) is 0 Å². The van der Waals surface area contributed by atoms with Gasteiger partial charge < -0.3 is 10.2 Å². The summed E-state index contributed by atoms with van der Waals surface area (Å²) in [5.41, 5.74) is 0.181. The highest BCUT2D eigenvalue weighted by molar-refractivity contribution is 7.99. The minimum Gasteiger partial charge on any atom is -0.478 e. The average Bonchev–Trinajstić information content (AvgIpc) is 2.15. The van der Waals surface area contributed by atoms with Crippen molar-refractivity contribution in [3.63, 3.8) is 0 Å². The summed E-state index contributed by atoms with van der Waals surface area (Å²) in [6, 6.07) is 3.07. The van der Waals surface area contributed by atoms with Gasteiger partial charge in [-0.2, -0.15) is 0 Å². The van der Waals surface area contributed by atoms with Crippen LogP contribution in [0.1, 0.15) is 10.4 Å². The molecule has 0 aliphatic rings. The predicted octanol–water partition coefficient (Wildman–Crippen LogP) is 0.864. The minimum absolute atomic E-state index is 0.0142. The lowest BCUT2D eigenvalue weighted by Crippen LogP contribution is -2.01. The monoisotopic (exact) mass is 199 g/mol. The number of aliphatic hydroxyl groups is 1. The van der Waals surface area contributed by atoms with Crippen LogP contribution in [0.15, 0.2) is 23.4 Å². The highest BCUT2D eigenvalue weighted by atomic mass is 32.2. The fourth-order valence-electron chi connectivity index (χ4n) is 0.811. The highest BCUT2D eigenvalue weighted by Gasteiger charge is 2.09. The van der Waals surface area contributed by atoms with Crippen LogP contribution in [0, 0.1) is 0 Å². The number of pyridine rings is 1. The number of thioether (sulfide) groups is 1. The molecule has 0 atom stereocenters. The third-order valence-electron chi connectivity index (χ3n) is 1.33. The molecule has 0 amide bonds. The fourth-order valence-corrected chi connectivity index (χ4v) is 1.54. The number of carboxylic acid groups (broad SMARTS) is 1. The van der Waals surface area contributed by atoms with Gasteiger partial charge >= 0.3 is 5.97 Å². The van der Waals surface area contributed by atoms with E-state index in [1.54, 1.807) is 6.07 Å². The van der Waals surface area contributed by atoms with Gasteiger partial charge in [0.2, 0.25) is 0 Å². The van der Waals surface area contributed by atoms with Crippen LogP contribution in [0.25, 0.3) is 0 Å². The zero-order valence-corrected chi connectivity index (χ0v) is 7.62. The largest absolute Gasteiger partial charge is 0.478 e. The maximum Gasteiger partial charge on any atom is 0.338 e. The van der Waals surface area contributed by atoms with Crippen molar-refractivity contribution in [3.05, 3.63) is 23.9 Å². The Morgan fingerprint density at radius 1 is 1.62 bits per heavy atom. The third-order valence-corrected chi connectivity index (χ3v) is 2.32. The average molecular weight is 199 g/mol. The molecule has 0 unspecified atom stereocenters. The summed E-state index contributed by atoms with van der Waals surface area (Å²) in [5.74, 6) is -0.536. The molecule has 0 radical (unpaired) electrons. The molecule has 70 valence electrons. The molecule has 0 spiro atoms. The summed E-state index contributed by atoms with van der Waals surface area (Å²) >= 11 is 1.23. The van der Waals surface area contributed by atoms with Gasteiger partial charge in [-0.15, -0.1) is 11.8 Å². The van der Waals surface area contributed by atoms with Crippen LogP contribution in [0.4, 0.5) is 0 Å². The molecule has 0 bridgehead atoms. The molecule has 0 fully saturated rings. The van der Waals surface area contributed by atoms with Gasteiger partial charge in [-0.3, -0.25) is 0 Å². The van der Waals surface area contributed by atoms with E-state index < -0.39 is 5.97 Å². The van der Waals surface area contributed by atoms with E-state index in [2.05, 4.69) is 4.98 Å². The number of carbonyl (C=O) groups is 1. The Kier molecular flexibility index (Phi) is 3.72. The quantitative estimate of drug-likeness (QED) is 0.704. The summed E-state index contributed by atoms with van der Waals surface area (Å²) in [6.45, 7) is 0.0142.